The molecule has 0 aliphatic heterocycles. The van der Waals surface area contributed by atoms with Crippen molar-refractivity contribution >= 4 is 28.2 Å². The van der Waals surface area contributed by atoms with Gasteiger partial charge < -0.3 is 10.2 Å². The van der Waals surface area contributed by atoms with E-state index in [0.717, 1.165) is 27.8 Å². The van der Waals surface area contributed by atoms with Crippen LogP contribution in [0.4, 0.5) is 5.69 Å². The molecule has 19 heavy (non-hydrogen) atoms. The van der Waals surface area contributed by atoms with Crippen molar-refractivity contribution in [2.24, 2.45) is 5.84 Å². The van der Waals surface area contributed by atoms with Crippen LogP contribution in [0.3, 0.4) is 0 Å². The molecule has 0 aliphatic carbocycles. The number of hydrogen-bond donors (Lipinski definition) is 2. The van der Waals surface area contributed by atoms with Gasteiger partial charge in [-0.3, -0.25) is 10.8 Å². The first kappa shape index (κ1) is 13.9. The molecule has 0 spiro atoms. The number of nitrogens with zero attached hydrogens (tertiary/aromatic N) is 1. The van der Waals surface area contributed by atoms with Crippen LogP contribution in [0.5, 0.6) is 5.75 Å². The Labute approximate surface area is 117 Å². The van der Waals surface area contributed by atoms with E-state index < -0.39 is 0 Å². The lowest BCUT2D eigenvalue weighted by Gasteiger charge is -2.18. The van der Waals surface area contributed by atoms with Gasteiger partial charge in [-0.2, -0.15) is 0 Å². The zero-order chi connectivity index (χ0) is 14.2. The van der Waals surface area contributed by atoms with E-state index in [1.54, 1.807) is 7.11 Å². The summed E-state index contributed by atoms with van der Waals surface area (Å²) in [6.45, 7) is 6.21. The number of fused-ring (bicyclic) bond motifs is 1. The second-order valence-electron chi connectivity index (χ2n) is 4.79. The van der Waals surface area contributed by atoms with Gasteiger partial charge in [0.15, 0.2) is 0 Å². The molecule has 0 saturated carbocycles. The minimum atomic E-state index is 0.323. The summed E-state index contributed by atoms with van der Waals surface area (Å²) < 4.78 is 5.22. The predicted molar refractivity (Wildman–Crippen MR) is 79.9 cm³/mol. The first-order valence-electron chi connectivity index (χ1n) is 6.14. The molecule has 0 amide bonds. The van der Waals surface area contributed by atoms with Gasteiger partial charge in [-0.1, -0.05) is 25.4 Å². The van der Waals surface area contributed by atoms with E-state index in [0.29, 0.717) is 16.7 Å². The number of anilines is 1. The minimum Gasteiger partial charge on any atom is -0.495 e. The molecule has 5 heteroatoms. The lowest BCUT2D eigenvalue weighted by atomic mass is 9.97. The Kier molecular flexibility index (Phi) is 3.83. The van der Waals surface area contributed by atoms with Crippen molar-refractivity contribution in [2.75, 3.05) is 12.5 Å². The quantitative estimate of drug-likeness (QED) is 0.665. The zero-order valence-corrected chi connectivity index (χ0v) is 12.3. The maximum Gasteiger partial charge on any atom is 0.139 e. The smallest absolute Gasteiger partial charge is 0.139 e. The summed E-state index contributed by atoms with van der Waals surface area (Å²) >= 11 is 6.18. The van der Waals surface area contributed by atoms with Crippen LogP contribution in [0, 0.1) is 6.92 Å². The highest BCUT2D eigenvalue weighted by atomic mass is 35.5. The van der Waals surface area contributed by atoms with Gasteiger partial charge in [0, 0.05) is 22.7 Å². The Balaban J connectivity index is 2.86. The summed E-state index contributed by atoms with van der Waals surface area (Å²) in [5.41, 5.74) is 6.54. The van der Waals surface area contributed by atoms with Gasteiger partial charge in [0.1, 0.15) is 5.75 Å². The van der Waals surface area contributed by atoms with Gasteiger partial charge in [-0.15, -0.1) is 0 Å². The Morgan fingerprint density at radius 1 is 1.37 bits per heavy atom. The van der Waals surface area contributed by atoms with Crippen molar-refractivity contribution in [1.29, 1.82) is 0 Å². The molecule has 3 N–H and O–H groups in total. The Hall–Kier alpha value is -1.52. The number of hydrazine groups is 1. The minimum absolute atomic E-state index is 0.323. The van der Waals surface area contributed by atoms with Gasteiger partial charge in [0.2, 0.25) is 0 Å². The third kappa shape index (κ3) is 2.33. The molecule has 0 saturated heterocycles. The molecule has 0 aliphatic rings. The fourth-order valence-corrected chi connectivity index (χ4v) is 2.66. The van der Waals surface area contributed by atoms with E-state index in [1.807, 2.05) is 19.1 Å². The first-order valence-corrected chi connectivity index (χ1v) is 6.51. The van der Waals surface area contributed by atoms with Crippen LogP contribution in [-0.4, -0.2) is 12.1 Å². The topological polar surface area (TPSA) is 60.2 Å². The Morgan fingerprint density at radius 3 is 2.58 bits per heavy atom. The largest absolute Gasteiger partial charge is 0.495 e. The molecule has 2 rings (SSSR count). The standard InChI is InChI=1S/C14H18ClN3O/c1-7(2)13-8(3)17-11-6-12(19-4)10(15)5-9(11)14(13)18-16/h5-7H,16H2,1-4H3,(H,17,18). The number of halogens is 1. The second-order valence-corrected chi connectivity index (χ2v) is 5.20. The first-order chi connectivity index (χ1) is 8.99. The zero-order valence-electron chi connectivity index (χ0n) is 11.5. The number of pyridine rings is 1. The third-order valence-corrected chi connectivity index (χ3v) is 3.50. The van der Waals surface area contributed by atoms with E-state index in [4.69, 9.17) is 22.2 Å². The van der Waals surface area contributed by atoms with Crippen LogP contribution in [0.1, 0.15) is 31.0 Å². The maximum atomic E-state index is 6.18. The molecule has 2 aromatic rings. The number of hydrogen-bond acceptors (Lipinski definition) is 4. The van der Waals surface area contributed by atoms with Crippen molar-refractivity contribution in [3.63, 3.8) is 0 Å². The Morgan fingerprint density at radius 2 is 2.05 bits per heavy atom. The van der Waals surface area contributed by atoms with Gasteiger partial charge in [-0.05, 0) is 18.9 Å². The van der Waals surface area contributed by atoms with Crippen LogP contribution >= 0.6 is 11.6 Å². The van der Waals surface area contributed by atoms with E-state index in [9.17, 15) is 0 Å². The molecule has 4 nitrogen and oxygen atoms in total. The fraction of sp³-hybridized carbons (Fsp3) is 0.357. The molecule has 0 bridgehead atoms. The van der Waals surface area contributed by atoms with E-state index in [1.165, 1.54) is 0 Å². The van der Waals surface area contributed by atoms with Gasteiger partial charge in [0.25, 0.3) is 0 Å². The number of aromatic nitrogens is 1. The number of nitrogens with one attached hydrogen (secondary N) is 1. The highest BCUT2D eigenvalue weighted by molar-refractivity contribution is 6.33. The van der Waals surface area contributed by atoms with Crippen LogP contribution in [0.2, 0.25) is 5.02 Å². The van der Waals surface area contributed by atoms with Gasteiger partial charge in [-0.25, -0.2) is 0 Å². The predicted octanol–water partition coefficient (Wildman–Crippen LogP) is 3.61. The summed E-state index contributed by atoms with van der Waals surface area (Å²) in [6.07, 6.45) is 0. The molecule has 1 aromatic heterocycles. The van der Waals surface area contributed by atoms with E-state index >= 15 is 0 Å². The average molecular weight is 280 g/mol. The lowest BCUT2D eigenvalue weighted by molar-refractivity contribution is 0.415. The second kappa shape index (κ2) is 5.23. The third-order valence-electron chi connectivity index (χ3n) is 3.21. The average Bonchev–Trinajstić information content (AvgIpc) is 2.36. The van der Waals surface area contributed by atoms with Crippen LogP contribution in [-0.2, 0) is 0 Å². The molecule has 1 aromatic carbocycles. The van der Waals surface area contributed by atoms with Crippen molar-refractivity contribution in [3.8, 4) is 5.75 Å². The molecule has 0 atom stereocenters. The molecule has 1 heterocycles. The molecule has 0 unspecified atom stereocenters. The highest BCUT2D eigenvalue weighted by Crippen LogP contribution is 2.37. The molecule has 0 radical (unpaired) electrons. The molecular formula is C14H18ClN3O. The normalized spacial score (nSPS) is 11.1. The summed E-state index contributed by atoms with van der Waals surface area (Å²) in [4.78, 5) is 4.62. The van der Waals surface area contributed by atoms with Gasteiger partial charge in [0.05, 0.1) is 23.3 Å². The van der Waals surface area contributed by atoms with Crippen LogP contribution < -0.4 is 16.0 Å². The van der Waals surface area contributed by atoms with Gasteiger partial charge >= 0.3 is 0 Å². The van der Waals surface area contributed by atoms with Crippen molar-refractivity contribution in [1.82, 2.24) is 4.98 Å². The number of nitrogens with two attached hydrogens (primary N) is 1. The molecule has 102 valence electrons. The van der Waals surface area contributed by atoms with E-state index in [2.05, 4.69) is 24.3 Å². The van der Waals surface area contributed by atoms with Crippen LogP contribution in [0.25, 0.3) is 10.9 Å². The molecular weight excluding hydrogens is 262 g/mol. The van der Waals surface area contributed by atoms with Crippen molar-refractivity contribution < 1.29 is 4.74 Å². The van der Waals surface area contributed by atoms with E-state index in [-0.39, 0.29) is 0 Å². The van der Waals surface area contributed by atoms with Crippen LogP contribution in [0.15, 0.2) is 12.1 Å². The highest BCUT2D eigenvalue weighted by Gasteiger charge is 2.16. The SMILES string of the molecule is COc1cc2nc(C)c(C(C)C)c(NN)c2cc1Cl. The number of nitrogen functional groups attached to an aromatic ring is 1. The summed E-state index contributed by atoms with van der Waals surface area (Å²) in [5.74, 6) is 6.63. The number of methoxy groups -OCH3 is 1. The maximum absolute atomic E-state index is 6.18. The summed E-state index contributed by atoms with van der Waals surface area (Å²) in [5, 5.41) is 1.45. The summed E-state index contributed by atoms with van der Waals surface area (Å²) in [6, 6.07) is 3.67. The monoisotopic (exact) mass is 279 g/mol. The number of ether oxygens (including phenoxy) is 1. The number of aryl methyl sites for hydroxylation is 1. The van der Waals surface area contributed by atoms with Crippen molar-refractivity contribution in [3.05, 3.63) is 28.4 Å². The lowest BCUT2D eigenvalue weighted by Crippen LogP contribution is -2.12. The summed E-state index contributed by atoms with van der Waals surface area (Å²) in [7, 11) is 1.59. The fourth-order valence-electron chi connectivity index (χ4n) is 2.42. The molecule has 0 fully saturated rings. The van der Waals surface area contributed by atoms with Crippen molar-refractivity contribution in [2.45, 2.75) is 26.7 Å². The number of rotatable bonds is 3. The Bertz CT molecular complexity index is 626. The number of benzene rings is 1.